The SMILES string of the molecule is NC(=O)C1CCCN1S(=O)(=O)c1ccc(C(F)(F)F)cc1. The van der Waals surface area contributed by atoms with Gasteiger partial charge in [0, 0.05) is 6.54 Å². The van der Waals surface area contributed by atoms with Gasteiger partial charge < -0.3 is 5.73 Å². The number of hydrogen-bond acceptors (Lipinski definition) is 3. The van der Waals surface area contributed by atoms with Crippen LogP contribution in [0.25, 0.3) is 0 Å². The fourth-order valence-electron chi connectivity index (χ4n) is 2.26. The van der Waals surface area contributed by atoms with Gasteiger partial charge in [-0.1, -0.05) is 0 Å². The molecule has 21 heavy (non-hydrogen) atoms. The number of nitrogens with zero attached hydrogens (tertiary/aromatic N) is 1. The number of nitrogens with two attached hydrogens (primary N) is 1. The highest BCUT2D eigenvalue weighted by Crippen LogP contribution is 2.31. The van der Waals surface area contributed by atoms with Gasteiger partial charge in [-0.2, -0.15) is 17.5 Å². The smallest absolute Gasteiger partial charge is 0.368 e. The number of primary amides is 1. The summed E-state index contributed by atoms with van der Waals surface area (Å²) in [6.45, 7) is 0.122. The van der Waals surface area contributed by atoms with E-state index in [0.717, 1.165) is 16.4 Å². The molecule has 2 N–H and O–H groups in total. The number of carbonyl (C=O) groups is 1. The average molecular weight is 322 g/mol. The zero-order valence-corrected chi connectivity index (χ0v) is 11.6. The number of alkyl halides is 3. The lowest BCUT2D eigenvalue weighted by molar-refractivity contribution is -0.137. The third kappa shape index (κ3) is 3.03. The molecule has 0 aromatic heterocycles. The van der Waals surface area contributed by atoms with E-state index in [1.807, 2.05) is 0 Å². The molecular weight excluding hydrogens is 309 g/mol. The standard InChI is InChI=1S/C12H13F3N2O3S/c13-12(14,15)8-3-5-9(6-4-8)21(19,20)17-7-1-2-10(17)11(16)18/h3-6,10H,1-2,7H2,(H2,16,18). The van der Waals surface area contributed by atoms with E-state index in [2.05, 4.69) is 0 Å². The van der Waals surface area contributed by atoms with E-state index in [1.165, 1.54) is 0 Å². The lowest BCUT2D eigenvalue weighted by Crippen LogP contribution is -2.43. The lowest BCUT2D eigenvalue weighted by Gasteiger charge is -2.21. The van der Waals surface area contributed by atoms with Crippen molar-refractivity contribution in [2.75, 3.05) is 6.54 Å². The number of carbonyl (C=O) groups excluding carboxylic acids is 1. The number of benzene rings is 1. The summed E-state index contributed by atoms with van der Waals surface area (Å²) in [5.74, 6) is -0.761. The van der Waals surface area contributed by atoms with E-state index < -0.39 is 33.7 Å². The molecular formula is C12H13F3N2O3S. The van der Waals surface area contributed by atoms with Crippen molar-refractivity contribution >= 4 is 15.9 Å². The van der Waals surface area contributed by atoms with Crippen LogP contribution in [0.1, 0.15) is 18.4 Å². The molecule has 0 aliphatic carbocycles. The summed E-state index contributed by atoms with van der Waals surface area (Å²) in [5, 5.41) is 0. The van der Waals surface area contributed by atoms with Gasteiger partial charge in [0.1, 0.15) is 6.04 Å². The number of sulfonamides is 1. The molecule has 9 heteroatoms. The summed E-state index contributed by atoms with van der Waals surface area (Å²) in [6.07, 6.45) is -3.74. The molecule has 5 nitrogen and oxygen atoms in total. The Labute approximate surface area is 119 Å². The van der Waals surface area contributed by atoms with Gasteiger partial charge in [0.25, 0.3) is 0 Å². The first-order valence-electron chi connectivity index (χ1n) is 6.12. The largest absolute Gasteiger partial charge is 0.416 e. The van der Waals surface area contributed by atoms with Crippen molar-refractivity contribution in [1.29, 1.82) is 0 Å². The molecule has 1 atom stereocenters. The third-order valence-electron chi connectivity index (χ3n) is 3.32. The monoisotopic (exact) mass is 322 g/mol. The molecule has 1 aromatic rings. The van der Waals surface area contributed by atoms with Crippen molar-refractivity contribution in [2.24, 2.45) is 5.73 Å². The Morgan fingerprint density at radius 3 is 2.29 bits per heavy atom. The maximum absolute atomic E-state index is 12.5. The van der Waals surface area contributed by atoms with Crippen LogP contribution in [-0.2, 0) is 21.0 Å². The molecule has 0 bridgehead atoms. The van der Waals surface area contributed by atoms with Gasteiger partial charge in [-0.3, -0.25) is 4.79 Å². The summed E-state index contributed by atoms with van der Waals surface area (Å²) in [7, 11) is -4.03. The second-order valence-corrected chi connectivity index (χ2v) is 6.59. The molecule has 0 saturated carbocycles. The summed E-state index contributed by atoms with van der Waals surface area (Å²) >= 11 is 0. The highest BCUT2D eigenvalue weighted by molar-refractivity contribution is 7.89. The van der Waals surface area contributed by atoms with Crippen LogP contribution < -0.4 is 5.73 Å². The second kappa shape index (κ2) is 5.30. The number of amides is 1. The number of halogens is 3. The minimum atomic E-state index is -4.54. The molecule has 1 amide bonds. The maximum Gasteiger partial charge on any atom is 0.416 e. The van der Waals surface area contributed by atoms with Crippen LogP contribution in [0.4, 0.5) is 13.2 Å². The Morgan fingerprint density at radius 1 is 1.24 bits per heavy atom. The van der Waals surface area contributed by atoms with Crippen molar-refractivity contribution in [2.45, 2.75) is 30.0 Å². The zero-order chi connectivity index (χ0) is 15.8. The molecule has 116 valence electrons. The van der Waals surface area contributed by atoms with Gasteiger partial charge in [-0.25, -0.2) is 8.42 Å². The van der Waals surface area contributed by atoms with E-state index in [0.29, 0.717) is 25.0 Å². The molecule has 1 aliphatic heterocycles. The van der Waals surface area contributed by atoms with Crippen LogP contribution >= 0.6 is 0 Å². The first-order valence-corrected chi connectivity index (χ1v) is 7.56. The van der Waals surface area contributed by atoms with Crippen molar-refractivity contribution in [3.63, 3.8) is 0 Å². The van der Waals surface area contributed by atoms with Crippen LogP contribution in [0.15, 0.2) is 29.2 Å². The Morgan fingerprint density at radius 2 is 1.81 bits per heavy atom. The van der Waals surface area contributed by atoms with Gasteiger partial charge in [0.05, 0.1) is 10.5 Å². The van der Waals surface area contributed by atoms with Crippen molar-refractivity contribution in [3.05, 3.63) is 29.8 Å². The zero-order valence-electron chi connectivity index (χ0n) is 10.8. The van der Waals surface area contributed by atoms with Gasteiger partial charge >= 0.3 is 6.18 Å². The molecule has 2 rings (SSSR count). The maximum atomic E-state index is 12.5. The molecule has 1 aromatic carbocycles. The van der Waals surface area contributed by atoms with Crippen molar-refractivity contribution in [3.8, 4) is 0 Å². The third-order valence-corrected chi connectivity index (χ3v) is 5.24. The fourth-order valence-corrected chi connectivity index (χ4v) is 3.93. The fraction of sp³-hybridized carbons (Fsp3) is 0.417. The molecule has 0 spiro atoms. The summed E-state index contributed by atoms with van der Waals surface area (Å²) in [4.78, 5) is 11.0. The molecule has 1 saturated heterocycles. The first-order chi connectivity index (χ1) is 9.64. The quantitative estimate of drug-likeness (QED) is 0.912. The van der Waals surface area contributed by atoms with Crippen LogP contribution in [0.5, 0.6) is 0 Å². The first kappa shape index (κ1) is 15.8. The predicted octanol–water partition coefficient (Wildman–Crippen LogP) is 1.34. The molecule has 1 fully saturated rings. The Hall–Kier alpha value is -1.61. The Kier molecular flexibility index (Phi) is 3.98. The van der Waals surface area contributed by atoms with Gasteiger partial charge in [-0.15, -0.1) is 0 Å². The van der Waals surface area contributed by atoms with Crippen LogP contribution in [0.3, 0.4) is 0 Å². The van der Waals surface area contributed by atoms with Gasteiger partial charge in [-0.05, 0) is 37.1 Å². The van der Waals surface area contributed by atoms with Crippen LogP contribution in [0, 0.1) is 0 Å². The van der Waals surface area contributed by atoms with E-state index in [4.69, 9.17) is 5.73 Å². The van der Waals surface area contributed by atoms with Crippen LogP contribution in [-0.4, -0.2) is 31.2 Å². The van der Waals surface area contributed by atoms with Gasteiger partial charge in [0.2, 0.25) is 15.9 Å². The lowest BCUT2D eigenvalue weighted by atomic mass is 10.2. The normalized spacial score (nSPS) is 20.6. The summed E-state index contributed by atoms with van der Waals surface area (Å²) in [5.41, 5.74) is 4.21. The van der Waals surface area contributed by atoms with Gasteiger partial charge in [0.15, 0.2) is 0 Å². The highest BCUT2D eigenvalue weighted by Gasteiger charge is 2.39. The highest BCUT2D eigenvalue weighted by atomic mass is 32.2. The predicted molar refractivity (Wildman–Crippen MR) is 67.6 cm³/mol. The van der Waals surface area contributed by atoms with Crippen molar-refractivity contribution in [1.82, 2.24) is 4.31 Å². The number of rotatable bonds is 3. The molecule has 1 heterocycles. The van der Waals surface area contributed by atoms with E-state index in [9.17, 15) is 26.4 Å². The Bertz CT molecular complexity index is 641. The minimum absolute atomic E-state index is 0.122. The summed E-state index contributed by atoms with van der Waals surface area (Å²) < 4.78 is 63.0. The second-order valence-electron chi connectivity index (χ2n) is 4.70. The molecule has 1 unspecified atom stereocenters. The van der Waals surface area contributed by atoms with Crippen LogP contribution in [0.2, 0.25) is 0 Å². The minimum Gasteiger partial charge on any atom is -0.368 e. The summed E-state index contributed by atoms with van der Waals surface area (Å²) in [6, 6.07) is 2.21. The van der Waals surface area contributed by atoms with E-state index in [-0.39, 0.29) is 11.4 Å². The molecule has 1 aliphatic rings. The topological polar surface area (TPSA) is 80.5 Å². The van der Waals surface area contributed by atoms with E-state index >= 15 is 0 Å². The molecule has 0 radical (unpaired) electrons. The van der Waals surface area contributed by atoms with Crippen molar-refractivity contribution < 1.29 is 26.4 Å². The Balaban J connectivity index is 2.34. The average Bonchev–Trinajstić information content (AvgIpc) is 2.88. The number of hydrogen-bond donors (Lipinski definition) is 1. The van der Waals surface area contributed by atoms with E-state index in [1.54, 1.807) is 0 Å².